The molecule has 0 saturated carbocycles. The molecule has 1 aromatic heterocycles. The summed E-state index contributed by atoms with van der Waals surface area (Å²) >= 11 is 1.15. The fourth-order valence-corrected chi connectivity index (χ4v) is 3.32. The summed E-state index contributed by atoms with van der Waals surface area (Å²) in [6.07, 6.45) is 0. The number of amides is 1. The molecule has 0 aliphatic heterocycles. The van der Waals surface area contributed by atoms with Gasteiger partial charge in [-0.1, -0.05) is 30.0 Å². The second kappa shape index (κ2) is 8.30. The molecule has 7 nitrogen and oxygen atoms in total. The lowest BCUT2D eigenvalue weighted by Crippen LogP contribution is -2.24. The topological polar surface area (TPSA) is 95.1 Å². The van der Waals surface area contributed by atoms with E-state index in [4.69, 9.17) is 10.6 Å². The molecule has 0 aliphatic carbocycles. The summed E-state index contributed by atoms with van der Waals surface area (Å²) < 4.78 is 20.0. The van der Waals surface area contributed by atoms with E-state index in [1.165, 1.54) is 16.8 Å². The van der Waals surface area contributed by atoms with Gasteiger partial charge < -0.3 is 15.9 Å². The van der Waals surface area contributed by atoms with Crippen LogP contribution in [0.4, 0.5) is 10.1 Å². The average Bonchev–Trinajstić information content (AvgIpc) is 3.02. The SMILES string of the molecule is COc1ccc(C)cc1NC(=O)[C@H](C)Sc1nnc(-c2cccc(F)c2)n1N. The number of nitrogens with zero attached hydrogens (tertiary/aromatic N) is 3. The molecule has 1 amide bonds. The van der Waals surface area contributed by atoms with Crippen LogP contribution in [-0.4, -0.2) is 33.1 Å². The molecule has 28 heavy (non-hydrogen) atoms. The molecular formula is C19H20FN5O2S. The number of hydrogen-bond acceptors (Lipinski definition) is 6. The minimum Gasteiger partial charge on any atom is -0.495 e. The Balaban J connectivity index is 1.74. The Kier molecular flexibility index (Phi) is 5.84. The van der Waals surface area contributed by atoms with E-state index in [2.05, 4.69) is 15.5 Å². The highest BCUT2D eigenvalue weighted by molar-refractivity contribution is 8.00. The van der Waals surface area contributed by atoms with Crippen LogP contribution in [0.1, 0.15) is 12.5 Å². The van der Waals surface area contributed by atoms with Gasteiger partial charge in [0.15, 0.2) is 5.82 Å². The number of halogens is 1. The molecule has 0 unspecified atom stereocenters. The van der Waals surface area contributed by atoms with Gasteiger partial charge in [-0.25, -0.2) is 9.07 Å². The second-order valence-electron chi connectivity index (χ2n) is 6.14. The van der Waals surface area contributed by atoms with Crippen molar-refractivity contribution in [2.75, 3.05) is 18.3 Å². The van der Waals surface area contributed by atoms with Crippen molar-refractivity contribution in [2.24, 2.45) is 0 Å². The zero-order valence-electron chi connectivity index (χ0n) is 15.6. The molecule has 3 N–H and O–H groups in total. The van der Waals surface area contributed by atoms with Gasteiger partial charge in [-0.15, -0.1) is 10.2 Å². The maximum Gasteiger partial charge on any atom is 0.237 e. The first-order chi connectivity index (χ1) is 13.4. The third-order valence-corrected chi connectivity index (χ3v) is 5.07. The van der Waals surface area contributed by atoms with Crippen LogP contribution >= 0.6 is 11.8 Å². The van der Waals surface area contributed by atoms with Crippen LogP contribution in [0.2, 0.25) is 0 Å². The summed E-state index contributed by atoms with van der Waals surface area (Å²) in [5.41, 5.74) is 2.09. The van der Waals surface area contributed by atoms with E-state index in [9.17, 15) is 9.18 Å². The normalized spacial score (nSPS) is 11.9. The van der Waals surface area contributed by atoms with Gasteiger partial charge in [0.05, 0.1) is 18.0 Å². The van der Waals surface area contributed by atoms with Gasteiger partial charge in [-0.2, -0.15) is 0 Å². The Hall–Kier alpha value is -3.07. The molecule has 0 saturated heterocycles. The summed E-state index contributed by atoms with van der Waals surface area (Å²) in [6, 6.07) is 11.4. The molecule has 2 aromatic carbocycles. The van der Waals surface area contributed by atoms with Crippen molar-refractivity contribution in [1.82, 2.24) is 14.9 Å². The summed E-state index contributed by atoms with van der Waals surface area (Å²) in [5.74, 6) is 6.31. The highest BCUT2D eigenvalue weighted by Crippen LogP contribution is 2.28. The number of thioether (sulfide) groups is 1. The van der Waals surface area contributed by atoms with Crippen LogP contribution < -0.4 is 15.9 Å². The summed E-state index contributed by atoms with van der Waals surface area (Å²) in [6.45, 7) is 3.66. The molecule has 0 aliphatic rings. The van der Waals surface area contributed by atoms with Crippen molar-refractivity contribution in [3.63, 3.8) is 0 Å². The number of nitrogens with one attached hydrogen (secondary N) is 1. The van der Waals surface area contributed by atoms with E-state index in [1.807, 2.05) is 19.1 Å². The molecule has 0 fully saturated rings. The first kappa shape index (κ1) is 19.7. The Bertz CT molecular complexity index is 1010. The fourth-order valence-electron chi connectivity index (χ4n) is 2.55. The number of rotatable bonds is 6. The maximum atomic E-state index is 13.4. The number of benzene rings is 2. The van der Waals surface area contributed by atoms with Crippen LogP contribution in [0, 0.1) is 12.7 Å². The number of aryl methyl sites for hydroxylation is 1. The Morgan fingerprint density at radius 2 is 2.07 bits per heavy atom. The van der Waals surface area contributed by atoms with Gasteiger partial charge in [0.25, 0.3) is 0 Å². The number of anilines is 1. The minimum atomic E-state index is -0.503. The van der Waals surface area contributed by atoms with Gasteiger partial charge in [0, 0.05) is 5.56 Å². The van der Waals surface area contributed by atoms with Crippen molar-refractivity contribution in [3.8, 4) is 17.1 Å². The maximum absolute atomic E-state index is 13.4. The number of carbonyl (C=O) groups is 1. The lowest BCUT2D eigenvalue weighted by atomic mass is 10.2. The van der Waals surface area contributed by atoms with E-state index < -0.39 is 11.1 Å². The monoisotopic (exact) mass is 401 g/mol. The lowest BCUT2D eigenvalue weighted by molar-refractivity contribution is -0.115. The van der Waals surface area contributed by atoms with Crippen LogP contribution in [0.3, 0.4) is 0 Å². The summed E-state index contributed by atoms with van der Waals surface area (Å²) in [4.78, 5) is 12.6. The number of ether oxygens (including phenoxy) is 1. The smallest absolute Gasteiger partial charge is 0.237 e. The van der Waals surface area contributed by atoms with Gasteiger partial charge in [0.2, 0.25) is 11.1 Å². The number of methoxy groups -OCH3 is 1. The van der Waals surface area contributed by atoms with E-state index in [-0.39, 0.29) is 5.91 Å². The van der Waals surface area contributed by atoms with Crippen molar-refractivity contribution >= 4 is 23.4 Å². The first-order valence-electron chi connectivity index (χ1n) is 8.47. The average molecular weight is 401 g/mol. The summed E-state index contributed by atoms with van der Waals surface area (Å²) in [5, 5.41) is 10.7. The highest BCUT2D eigenvalue weighted by atomic mass is 32.2. The molecule has 9 heteroatoms. The zero-order chi connectivity index (χ0) is 20.3. The van der Waals surface area contributed by atoms with Crippen LogP contribution in [0.15, 0.2) is 47.6 Å². The van der Waals surface area contributed by atoms with E-state index >= 15 is 0 Å². The second-order valence-corrected chi connectivity index (χ2v) is 7.45. The zero-order valence-corrected chi connectivity index (χ0v) is 16.5. The lowest BCUT2D eigenvalue weighted by Gasteiger charge is -2.14. The fraction of sp³-hybridized carbons (Fsp3) is 0.211. The molecule has 0 bridgehead atoms. The largest absolute Gasteiger partial charge is 0.495 e. The predicted octanol–water partition coefficient (Wildman–Crippen LogP) is 3.23. The molecule has 0 radical (unpaired) electrons. The number of hydrogen-bond donors (Lipinski definition) is 2. The van der Waals surface area contributed by atoms with Gasteiger partial charge in [-0.3, -0.25) is 4.79 Å². The number of nitrogens with two attached hydrogens (primary N) is 1. The Morgan fingerprint density at radius 3 is 2.79 bits per heavy atom. The van der Waals surface area contributed by atoms with Gasteiger partial charge >= 0.3 is 0 Å². The number of nitrogen functional groups attached to an aromatic ring is 1. The molecule has 3 rings (SSSR count). The van der Waals surface area contributed by atoms with E-state index in [0.717, 1.165) is 17.3 Å². The molecular weight excluding hydrogens is 381 g/mol. The van der Waals surface area contributed by atoms with Crippen LogP contribution in [0.25, 0.3) is 11.4 Å². The molecule has 1 atom stereocenters. The minimum absolute atomic E-state index is 0.232. The molecule has 0 spiro atoms. The quantitative estimate of drug-likeness (QED) is 0.486. The van der Waals surface area contributed by atoms with Crippen LogP contribution in [0.5, 0.6) is 5.75 Å². The molecule has 146 valence electrons. The van der Waals surface area contributed by atoms with Crippen molar-refractivity contribution in [3.05, 3.63) is 53.8 Å². The van der Waals surface area contributed by atoms with Crippen LogP contribution in [-0.2, 0) is 4.79 Å². The van der Waals surface area contributed by atoms with Crippen molar-refractivity contribution < 1.29 is 13.9 Å². The van der Waals surface area contributed by atoms with Gasteiger partial charge in [0.1, 0.15) is 11.6 Å². The first-order valence-corrected chi connectivity index (χ1v) is 9.35. The van der Waals surface area contributed by atoms with Crippen molar-refractivity contribution in [2.45, 2.75) is 24.3 Å². The van der Waals surface area contributed by atoms with E-state index in [1.54, 1.807) is 32.2 Å². The summed E-state index contributed by atoms with van der Waals surface area (Å²) in [7, 11) is 1.54. The van der Waals surface area contributed by atoms with Crippen molar-refractivity contribution in [1.29, 1.82) is 0 Å². The Morgan fingerprint density at radius 1 is 1.29 bits per heavy atom. The number of aromatic nitrogens is 3. The standard InChI is InChI=1S/C19H20FN5O2S/c1-11-7-8-16(27-3)15(9-11)22-18(26)12(2)28-19-24-23-17(25(19)21)13-5-4-6-14(20)10-13/h4-10,12H,21H2,1-3H3,(H,22,26)/t12-/m0/s1. The third kappa shape index (κ3) is 4.25. The highest BCUT2D eigenvalue weighted by Gasteiger charge is 2.21. The van der Waals surface area contributed by atoms with Gasteiger partial charge in [-0.05, 0) is 43.7 Å². The predicted molar refractivity (Wildman–Crippen MR) is 107 cm³/mol. The molecule has 1 heterocycles. The third-order valence-electron chi connectivity index (χ3n) is 4.01. The van der Waals surface area contributed by atoms with E-state index in [0.29, 0.717) is 28.0 Å². The molecule has 3 aromatic rings. The Labute approximate surface area is 166 Å². The number of carbonyl (C=O) groups excluding carboxylic acids is 1.